The Morgan fingerprint density at radius 3 is 2.31 bits per heavy atom. The lowest BCUT2D eigenvalue weighted by atomic mass is 9.70. The van der Waals surface area contributed by atoms with E-state index in [1.807, 2.05) is 30.3 Å². The van der Waals surface area contributed by atoms with Gasteiger partial charge in [-0.2, -0.15) is 0 Å². The van der Waals surface area contributed by atoms with Crippen LogP contribution in [0.4, 0.5) is 0 Å². The first-order valence-electron chi connectivity index (χ1n) is 10.1. The summed E-state index contributed by atoms with van der Waals surface area (Å²) in [5.41, 5.74) is -0.682. The molecule has 1 atom stereocenters. The van der Waals surface area contributed by atoms with Gasteiger partial charge in [0.25, 0.3) is 0 Å². The SMILES string of the molecule is CC[N+](CC)(CC=O)CCC(=O)C(O)(c1ccccc1)C1CCCCC1. The predicted octanol–water partition coefficient (Wildman–Crippen LogP) is 3.47. The second-order valence-electron chi connectivity index (χ2n) is 7.69. The highest BCUT2D eigenvalue weighted by atomic mass is 16.3. The molecule has 4 heteroatoms. The van der Waals surface area contributed by atoms with Crippen molar-refractivity contribution in [2.75, 3.05) is 26.2 Å². The molecule has 4 nitrogen and oxygen atoms in total. The first-order chi connectivity index (χ1) is 12.5. The summed E-state index contributed by atoms with van der Waals surface area (Å²) >= 11 is 0. The molecule has 1 fully saturated rings. The van der Waals surface area contributed by atoms with Gasteiger partial charge in [-0.25, -0.2) is 0 Å². The average molecular weight is 361 g/mol. The number of Topliss-reactive ketones (excluding diaryl/α,β-unsaturated/α-hetero) is 1. The second-order valence-corrected chi connectivity index (χ2v) is 7.69. The van der Waals surface area contributed by atoms with Crippen LogP contribution in [0.5, 0.6) is 0 Å². The Labute approximate surface area is 157 Å². The number of aldehydes is 1. The van der Waals surface area contributed by atoms with Crippen LogP contribution in [-0.4, -0.2) is 47.8 Å². The Morgan fingerprint density at radius 1 is 1.15 bits per heavy atom. The standard InChI is InChI=1S/C22H34NO3/c1-3-23(4-2,17-18-24)16-15-21(25)22(26,19-11-7-5-8-12-19)20-13-9-6-10-14-20/h5,7-8,11-12,18,20,26H,3-4,6,9-10,13-17H2,1-2H3/q+1. The maximum Gasteiger partial charge on any atom is 0.174 e. The zero-order valence-electron chi connectivity index (χ0n) is 16.3. The van der Waals surface area contributed by atoms with E-state index in [-0.39, 0.29) is 11.7 Å². The van der Waals surface area contributed by atoms with E-state index in [0.29, 0.717) is 24.0 Å². The topological polar surface area (TPSA) is 54.4 Å². The molecule has 0 spiro atoms. The monoisotopic (exact) mass is 360 g/mol. The number of hydrogen-bond donors (Lipinski definition) is 1. The number of nitrogens with zero attached hydrogens (tertiary/aromatic N) is 1. The summed E-state index contributed by atoms with van der Waals surface area (Å²) in [6.07, 6.45) is 6.37. The van der Waals surface area contributed by atoms with Crippen molar-refractivity contribution < 1.29 is 19.2 Å². The minimum absolute atomic E-state index is 0.0117. The van der Waals surface area contributed by atoms with Crippen LogP contribution in [0.2, 0.25) is 0 Å². The van der Waals surface area contributed by atoms with Crippen LogP contribution < -0.4 is 0 Å². The van der Waals surface area contributed by atoms with Gasteiger partial charge in [0.1, 0.15) is 6.54 Å². The van der Waals surface area contributed by atoms with Crippen LogP contribution in [0, 0.1) is 5.92 Å². The summed E-state index contributed by atoms with van der Waals surface area (Å²) in [4.78, 5) is 24.4. The van der Waals surface area contributed by atoms with Crippen LogP contribution in [-0.2, 0) is 15.2 Å². The highest BCUT2D eigenvalue weighted by Gasteiger charge is 2.45. The second kappa shape index (κ2) is 9.43. The third-order valence-corrected chi connectivity index (χ3v) is 6.45. The molecule has 1 aromatic carbocycles. The van der Waals surface area contributed by atoms with Gasteiger partial charge in [0.2, 0.25) is 0 Å². The zero-order chi connectivity index (χ0) is 19.0. The Morgan fingerprint density at radius 2 is 1.77 bits per heavy atom. The van der Waals surface area contributed by atoms with Crippen molar-refractivity contribution >= 4 is 12.1 Å². The fraction of sp³-hybridized carbons (Fsp3) is 0.636. The highest BCUT2D eigenvalue weighted by molar-refractivity contribution is 5.88. The van der Waals surface area contributed by atoms with E-state index in [2.05, 4.69) is 13.8 Å². The summed E-state index contributed by atoms with van der Waals surface area (Å²) in [5, 5.41) is 11.6. The molecule has 1 N–H and O–H groups in total. The minimum Gasteiger partial charge on any atom is -0.377 e. The molecule has 0 heterocycles. The molecule has 0 saturated heterocycles. The van der Waals surface area contributed by atoms with Crippen LogP contribution in [0.25, 0.3) is 0 Å². The number of carbonyl (C=O) groups is 2. The molecule has 144 valence electrons. The smallest absolute Gasteiger partial charge is 0.174 e. The predicted molar refractivity (Wildman–Crippen MR) is 104 cm³/mol. The van der Waals surface area contributed by atoms with Gasteiger partial charge in [0.15, 0.2) is 17.7 Å². The Bertz CT molecular complexity index is 576. The highest BCUT2D eigenvalue weighted by Crippen LogP contribution is 2.40. The molecule has 1 unspecified atom stereocenters. The van der Waals surface area contributed by atoms with Gasteiger partial charge in [-0.15, -0.1) is 0 Å². The maximum atomic E-state index is 13.3. The lowest BCUT2D eigenvalue weighted by Crippen LogP contribution is -2.52. The van der Waals surface area contributed by atoms with E-state index in [1.54, 1.807) is 0 Å². The van der Waals surface area contributed by atoms with E-state index in [4.69, 9.17) is 0 Å². The van der Waals surface area contributed by atoms with Crippen LogP contribution in [0.15, 0.2) is 30.3 Å². The van der Waals surface area contributed by atoms with Crippen molar-refractivity contribution in [3.8, 4) is 0 Å². The number of quaternary nitrogens is 1. The summed E-state index contributed by atoms with van der Waals surface area (Å²) in [6, 6.07) is 9.44. The molecular weight excluding hydrogens is 326 g/mol. The number of benzene rings is 1. The van der Waals surface area contributed by atoms with Gasteiger partial charge < -0.3 is 9.59 Å². The Balaban J connectivity index is 2.24. The first kappa shape index (κ1) is 20.8. The third kappa shape index (κ3) is 4.41. The van der Waals surface area contributed by atoms with Gasteiger partial charge in [-0.3, -0.25) is 9.59 Å². The quantitative estimate of drug-likeness (QED) is 0.513. The third-order valence-electron chi connectivity index (χ3n) is 6.45. The number of rotatable bonds is 10. The molecule has 0 bridgehead atoms. The molecule has 0 radical (unpaired) electrons. The molecule has 1 aliphatic rings. The molecule has 1 aromatic rings. The van der Waals surface area contributed by atoms with Gasteiger partial charge in [-0.1, -0.05) is 49.6 Å². The lowest BCUT2D eigenvalue weighted by molar-refractivity contribution is -0.916. The van der Waals surface area contributed by atoms with Crippen molar-refractivity contribution in [1.82, 2.24) is 0 Å². The largest absolute Gasteiger partial charge is 0.377 e. The van der Waals surface area contributed by atoms with E-state index in [1.165, 1.54) is 6.42 Å². The zero-order valence-corrected chi connectivity index (χ0v) is 16.3. The first-order valence-corrected chi connectivity index (χ1v) is 10.1. The normalized spacial score (nSPS) is 18.3. The number of aliphatic hydroxyl groups is 1. The van der Waals surface area contributed by atoms with Gasteiger partial charge in [0, 0.05) is 0 Å². The molecule has 0 aromatic heterocycles. The van der Waals surface area contributed by atoms with Crippen molar-refractivity contribution in [2.45, 2.75) is 58.0 Å². The summed E-state index contributed by atoms with van der Waals surface area (Å²) in [5.74, 6) is -0.103. The van der Waals surface area contributed by atoms with Crippen LogP contribution >= 0.6 is 0 Å². The molecular formula is C22H34NO3+. The minimum atomic E-state index is -1.40. The fourth-order valence-corrected chi connectivity index (χ4v) is 4.41. The Hall–Kier alpha value is -1.52. The summed E-state index contributed by atoms with van der Waals surface area (Å²) < 4.78 is 0.602. The molecule has 1 saturated carbocycles. The molecule has 0 amide bonds. The van der Waals surface area contributed by atoms with Gasteiger partial charge >= 0.3 is 0 Å². The molecule has 0 aliphatic heterocycles. The summed E-state index contributed by atoms with van der Waals surface area (Å²) in [6.45, 7) is 6.77. The van der Waals surface area contributed by atoms with Crippen LogP contribution in [0.3, 0.4) is 0 Å². The van der Waals surface area contributed by atoms with Crippen LogP contribution in [0.1, 0.15) is 57.9 Å². The maximum absolute atomic E-state index is 13.3. The van der Waals surface area contributed by atoms with E-state index in [0.717, 1.165) is 50.6 Å². The van der Waals surface area contributed by atoms with Crippen molar-refractivity contribution in [2.24, 2.45) is 5.92 Å². The molecule has 1 aliphatic carbocycles. The average Bonchev–Trinajstić information content (AvgIpc) is 2.71. The Kier molecular flexibility index (Phi) is 7.54. The van der Waals surface area contributed by atoms with E-state index < -0.39 is 5.60 Å². The lowest BCUT2D eigenvalue weighted by Gasteiger charge is -2.39. The van der Waals surface area contributed by atoms with Crippen molar-refractivity contribution in [3.05, 3.63) is 35.9 Å². The van der Waals surface area contributed by atoms with E-state index >= 15 is 0 Å². The molecule has 26 heavy (non-hydrogen) atoms. The number of carbonyl (C=O) groups excluding carboxylic acids is 2. The molecule has 2 rings (SSSR count). The van der Waals surface area contributed by atoms with Gasteiger partial charge in [-0.05, 0) is 38.2 Å². The number of hydrogen-bond acceptors (Lipinski definition) is 3. The van der Waals surface area contributed by atoms with Crippen molar-refractivity contribution in [1.29, 1.82) is 0 Å². The number of ketones is 1. The van der Waals surface area contributed by atoms with Crippen molar-refractivity contribution in [3.63, 3.8) is 0 Å². The summed E-state index contributed by atoms with van der Waals surface area (Å²) in [7, 11) is 0. The van der Waals surface area contributed by atoms with E-state index in [9.17, 15) is 14.7 Å². The number of likely N-dealkylation sites (N-methyl/N-ethyl adjacent to an activating group) is 1. The fourth-order valence-electron chi connectivity index (χ4n) is 4.41. The van der Waals surface area contributed by atoms with Gasteiger partial charge in [0.05, 0.1) is 26.1 Å².